The summed E-state index contributed by atoms with van der Waals surface area (Å²) in [6.45, 7) is 1.03. The van der Waals surface area contributed by atoms with Crippen molar-refractivity contribution in [1.29, 1.82) is 0 Å². The smallest absolute Gasteiger partial charge is 0.271 e. The Morgan fingerprint density at radius 2 is 1.77 bits per heavy atom. The van der Waals surface area contributed by atoms with E-state index in [0.29, 0.717) is 18.8 Å². The Hall–Kier alpha value is -3.45. The van der Waals surface area contributed by atoms with E-state index in [1.54, 1.807) is 23.4 Å². The molecule has 3 aromatic rings. The average Bonchev–Trinajstić information content (AvgIpc) is 3.68. The van der Waals surface area contributed by atoms with E-state index in [4.69, 9.17) is 4.74 Å². The van der Waals surface area contributed by atoms with Crippen molar-refractivity contribution in [3.8, 4) is 11.3 Å². The van der Waals surface area contributed by atoms with Gasteiger partial charge in [0, 0.05) is 37.3 Å². The van der Waals surface area contributed by atoms with Gasteiger partial charge >= 0.3 is 0 Å². The van der Waals surface area contributed by atoms with Crippen LogP contribution in [0.5, 0.6) is 0 Å². The number of carbonyl (C=O) groups excluding carboxylic acids is 2. The van der Waals surface area contributed by atoms with Crippen molar-refractivity contribution in [1.82, 2.24) is 20.2 Å². The van der Waals surface area contributed by atoms with E-state index in [1.807, 2.05) is 48.5 Å². The SMILES string of the molecule is O=C(NC1CCCC1)C(c1ccncc1)N(CC1CCCO1)C(=O)c1ccc(-c2ccccc2)[nH]1. The predicted molar refractivity (Wildman–Crippen MR) is 134 cm³/mol. The molecule has 1 aliphatic heterocycles. The number of H-pyrrole nitrogens is 1. The van der Waals surface area contributed by atoms with Gasteiger partial charge in [-0.15, -0.1) is 0 Å². The molecule has 2 fully saturated rings. The highest BCUT2D eigenvalue weighted by atomic mass is 16.5. The van der Waals surface area contributed by atoms with Gasteiger partial charge in [0.1, 0.15) is 11.7 Å². The number of pyridine rings is 1. The molecule has 0 spiro atoms. The van der Waals surface area contributed by atoms with Crippen molar-refractivity contribution >= 4 is 11.8 Å². The summed E-state index contributed by atoms with van der Waals surface area (Å²) in [5, 5.41) is 3.22. The van der Waals surface area contributed by atoms with Crippen LogP contribution in [0.3, 0.4) is 0 Å². The lowest BCUT2D eigenvalue weighted by atomic mass is 10.0. The first-order valence-electron chi connectivity index (χ1n) is 12.6. The maximum absolute atomic E-state index is 14.0. The van der Waals surface area contributed by atoms with Gasteiger partial charge < -0.3 is 19.9 Å². The fourth-order valence-electron chi connectivity index (χ4n) is 5.14. The fraction of sp³-hybridized carbons (Fsp3) is 0.393. The molecule has 5 rings (SSSR count). The van der Waals surface area contributed by atoms with Crippen LogP contribution in [0.1, 0.15) is 60.6 Å². The second-order valence-electron chi connectivity index (χ2n) is 9.42. The summed E-state index contributed by atoms with van der Waals surface area (Å²) in [6, 6.07) is 16.6. The highest BCUT2D eigenvalue weighted by Crippen LogP contribution is 2.28. The molecule has 7 nitrogen and oxygen atoms in total. The summed E-state index contributed by atoms with van der Waals surface area (Å²) in [6.07, 6.45) is 9.27. The normalized spacial score (nSPS) is 18.9. The first kappa shape index (κ1) is 23.3. The van der Waals surface area contributed by atoms with E-state index in [2.05, 4.69) is 15.3 Å². The van der Waals surface area contributed by atoms with Gasteiger partial charge in [0.2, 0.25) is 5.91 Å². The number of aromatic amines is 1. The molecule has 1 saturated heterocycles. The molecule has 1 aliphatic carbocycles. The third kappa shape index (κ3) is 5.46. The molecule has 0 bridgehead atoms. The van der Waals surface area contributed by atoms with Crippen LogP contribution in [0.2, 0.25) is 0 Å². The Morgan fingerprint density at radius 1 is 1.00 bits per heavy atom. The van der Waals surface area contributed by atoms with Crippen LogP contribution in [0, 0.1) is 0 Å². The molecule has 2 aromatic heterocycles. The zero-order valence-corrected chi connectivity index (χ0v) is 19.9. The highest BCUT2D eigenvalue weighted by Gasteiger charge is 2.36. The number of benzene rings is 1. The number of carbonyl (C=O) groups is 2. The number of nitrogens with one attached hydrogen (secondary N) is 2. The summed E-state index contributed by atoms with van der Waals surface area (Å²) in [5.41, 5.74) is 3.06. The van der Waals surface area contributed by atoms with Crippen LogP contribution >= 0.6 is 0 Å². The quantitative estimate of drug-likeness (QED) is 0.505. The second kappa shape index (κ2) is 10.9. The number of ether oxygens (including phenoxy) is 1. The lowest BCUT2D eigenvalue weighted by Gasteiger charge is -2.33. The topological polar surface area (TPSA) is 87.3 Å². The lowest BCUT2D eigenvalue weighted by Crippen LogP contribution is -2.48. The standard InChI is InChI=1S/C28H32N4O3/c33-27(30-22-9-4-5-10-22)26(21-14-16-29-17-15-21)32(19-23-11-6-18-35-23)28(34)25-13-12-24(31-25)20-7-2-1-3-8-20/h1-3,7-8,12-17,22-23,26,31H,4-6,9-11,18-19H2,(H,30,33). The van der Waals surface area contributed by atoms with Gasteiger partial charge in [0.15, 0.2) is 0 Å². The molecule has 1 saturated carbocycles. The number of hydrogen-bond donors (Lipinski definition) is 2. The summed E-state index contributed by atoms with van der Waals surface area (Å²) < 4.78 is 5.90. The van der Waals surface area contributed by atoms with Gasteiger partial charge in [-0.25, -0.2) is 0 Å². The number of aromatic nitrogens is 2. The minimum absolute atomic E-state index is 0.0916. The van der Waals surface area contributed by atoms with E-state index >= 15 is 0 Å². The van der Waals surface area contributed by atoms with Gasteiger partial charge in [-0.05, 0) is 61.1 Å². The van der Waals surface area contributed by atoms with Crippen molar-refractivity contribution in [3.63, 3.8) is 0 Å². The molecular weight excluding hydrogens is 440 g/mol. The molecule has 2 aliphatic rings. The summed E-state index contributed by atoms with van der Waals surface area (Å²) in [5.74, 6) is -0.365. The Kier molecular flexibility index (Phi) is 7.23. The number of nitrogens with zero attached hydrogens (tertiary/aromatic N) is 2. The van der Waals surface area contributed by atoms with Crippen molar-refractivity contribution in [2.75, 3.05) is 13.2 Å². The third-order valence-electron chi connectivity index (χ3n) is 6.97. The predicted octanol–water partition coefficient (Wildman–Crippen LogP) is 4.50. The molecular formula is C28H32N4O3. The van der Waals surface area contributed by atoms with Crippen molar-refractivity contribution < 1.29 is 14.3 Å². The number of rotatable bonds is 8. The molecule has 2 unspecified atom stereocenters. The number of amides is 2. The van der Waals surface area contributed by atoms with Crippen LogP contribution in [0.15, 0.2) is 67.0 Å². The van der Waals surface area contributed by atoms with Crippen LogP contribution in [0.25, 0.3) is 11.3 Å². The summed E-state index contributed by atoms with van der Waals surface area (Å²) >= 11 is 0. The van der Waals surface area contributed by atoms with Gasteiger partial charge in [-0.3, -0.25) is 14.6 Å². The molecule has 3 heterocycles. The van der Waals surface area contributed by atoms with Crippen molar-refractivity contribution in [2.24, 2.45) is 0 Å². The number of hydrogen-bond acceptors (Lipinski definition) is 4. The van der Waals surface area contributed by atoms with E-state index < -0.39 is 6.04 Å². The first-order chi connectivity index (χ1) is 17.2. The van der Waals surface area contributed by atoms with Crippen molar-refractivity contribution in [3.05, 3.63) is 78.2 Å². The lowest BCUT2D eigenvalue weighted by molar-refractivity contribution is -0.127. The van der Waals surface area contributed by atoms with Gasteiger partial charge in [-0.2, -0.15) is 0 Å². The Balaban J connectivity index is 1.48. The monoisotopic (exact) mass is 472 g/mol. The van der Waals surface area contributed by atoms with Crippen LogP contribution in [0.4, 0.5) is 0 Å². The third-order valence-corrected chi connectivity index (χ3v) is 6.97. The molecule has 2 amide bonds. The molecule has 7 heteroatoms. The zero-order valence-electron chi connectivity index (χ0n) is 19.9. The average molecular weight is 473 g/mol. The molecule has 182 valence electrons. The molecule has 2 atom stereocenters. The molecule has 0 radical (unpaired) electrons. The van der Waals surface area contributed by atoms with E-state index in [9.17, 15) is 9.59 Å². The minimum atomic E-state index is -0.765. The van der Waals surface area contributed by atoms with Crippen LogP contribution < -0.4 is 5.32 Å². The maximum atomic E-state index is 14.0. The second-order valence-corrected chi connectivity index (χ2v) is 9.42. The Bertz CT molecular complexity index is 1120. The first-order valence-corrected chi connectivity index (χ1v) is 12.6. The van der Waals surface area contributed by atoms with Gasteiger partial charge in [-0.1, -0.05) is 43.2 Å². The van der Waals surface area contributed by atoms with Crippen molar-refractivity contribution in [2.45, 2.75) is 56.7 Å². The molecule has 1 aromatic carbocycles. The summed E-state index contributed by atoms with van der Waals surface area (Å²) in [7, 11) is 0. The van der Waals surface area contributed by atoms with Crippen LogP contribution in [-0.2, 0) is 9.53 Å². The van der Waals surface area contributed by atoms with Gasteiger partial charge in [0.25, 0.3) is 5.91 Å². The van der Waals surface area contributed by atoms with E-state index in [0.717, 1.165) is 55.3 Å². The van der Waals surface area contributed by atoms with Crippen LogP contribution in [-0.4, -0.2) is 52.0 Å². The Morgan fingerprint density at radius 3 is 2.49 bits per heavy atom. The zero-order chi connectivity index (χ0) is 24.0. The van der Waals surface area contributed by atoms with E-state index in [1.165, 1.54) is 0 Å². The minimum Gasteiger partial charge on any atom is -0.376 e. The Labute approximate surface area is 205 Å². The molecule has 2 N–H and O–H groups in total. The highest BCUT2D eigenvalue weighted by molar-refractivity contribution is 5.97. The maximum Gasteiger partial charge on any atom is 0.271 e. The largest absolute Gasteiger partial charge is 0.376 e. The van der Waals surface area contributed by atoms with E-state index in [-0.39, 0.29) is 24.0 Å². The fourth-order valence-corrected chi connectivity index (χ4v) is 5.14. The summed E-state index contributed by atoms with van der Waals surface area (Å²) in [4.78, 5) is 36.8. The van der Waals surface area contributed by atoms with Gasteiger partial charge in [0.05, 0.1) is 6.10 Å². The molecule has 35 heavy (non-hydrogen) atoms.